The van der Waals surface area contributed by atoms with Crippen molar-refractivity contribution >= 4 is 17.3 Å². The molecule has 1 unspecified atom stereocenters. The van der Waals surface area contributed by atoms with Crippen molar-refractivity contribution in [3.8, 4) is 5.75 Å². The molecule has 0 heterocycles. The molecule has 0 aliphatic heterocycles. The Hall–Kier alpha value is -1.79. The molecule has 6 heteroatoms. The van der Waals surface area contributed by atoms with E-state index in [1.165, 1.54) is 7.11 Å². The highest BCUT2D eigenvalue weighted by molar-refractivity contribution is 5.92. The van der Waals surface area contributed by atoms with E-state index in [1.807, 2.05) is 0 Å². The SMILES string of the molecule is CCC(=O)Nc1ccc(NCC(O)CO)cc1OC. The Labute approximate surface area is 112 Å². The molecule has 1 amide bonds. The lowest BCUT2D eigenvalue weighted by Gasteiger charge is -2.14. The van der Waals surface area contributed by atoms with E-state index in [0.717, 1.165) is 5.69 Å². The normalized spacial score (nSPS) is 11.8. The van der Waals surface area contributed by atoms with E-state index in [4.69, 9.17) is 9.84 Å². The number of nitrogens with one attached hydrogen (secondary N) is 2. The molecular formula is C13H20N2O4. The second-order valence-electron chi connectivity index (χ2n) is 4.03. The summed E-state index contributed by atoms with van der Waals surface area (Å²) in [4.78, 5) is 11.3. The second-order valence-corrected chi connectivity index (χ2v) is 4.03. The average Bonchev–Trinajstić information content (AvgIpc) is 2.45. The lowest BCUT2D eigenvalue weighted by Crippen LogP contribution is -2.22. The molecule has 106 valence electrons. The number of rotatable bonds is 7. The van der Waals surface area contributed by atoms with Crippen LogP contribution in [-0.4, -0.2) is 42.5 Å². The molecule has 0 fully saturated rings. The van der Waals surface area contributed by atoms with Gasteiger partial charge in [0.05, 0.1) is 25.5 Å². The second kappa shape index (κ2) is 7.60. The Morgan fingerprint density at radius 1 is 1.47 bits per heavy atom. The molecule has 1 aromatic rings. The van der Waals surface area contributed by atoms with Gasteiger partial charge in [-0.1, -0.05) is 6.92 Å². The van der Waals surface area contributed by atoms with Crippen LogP contribution >= 0.6 is 0 Å². The number of ether oxygens (including phenoxy) is 1. The first-order valence-corrected chi connectivity index (χ1v) is 6.11. The lowest BCUT2D eigenvalue weighted by atomic mass is 10.2. The topological polar surface area (TPSA) is 90.8 Å². The van der Waals surface area contributed by atoms with Crippen LogP contribution in [0.5, 0.6) is 5.75 Å². The Morgan fingerprint density at radius 2 is 2.21 bits per heavy atom. The number of carbonyl (C=O) groups excluding carboxylic acids is 1. The summed E-state index contributed by atoms with van der Waals surface area (Å²) in [5.74, 6) is 0.444. The van der Waals surface area contributed by atoms with Crippen molar-refractivity contribution in [1.82, 2.24) is 0 Å². The van der Waals surface area contributed by atoms with Gasteiger partial charge in [-0.05, 0) is 12.1 Å². The third-order valence-corrected chi connectivity index (χ3v) is 2.55. The first kappa shape index (κ1) is 15.3. The zero-order valence-electron chi connectivity index (χ0n) is 11.1. The highest BCUT2D eigenvalue weighted by atomic mass is 16.5. The van der Waals surface area contributed by atoms with Crippen molar-refractivity contribution in [1.29, 1.82) is 0 Å². The van der Waals surface area contributed by atoms with Crippen molar-refractivity contribution in [2.24, 2.45) is 0 Å². The molecule has 1 aromatic carbocycles. The van der Waals surface area contributed by atoms with Gasteiger partial charge in [-0.15, -0.1) is 0 Å². The Morgan fingerprint density at radius 3 is 2.79 bits per heavy atom. The molecule has 1 atom stereocenters. The third kappa shape index (κ3) is 4.76. The fourth-order valence-electron chi connectivity index (χ4n) is 1.44. The molecule has 6 nitrogen and oxygen atoms in total. The van der Waals surface area contributed by atoms with Crippen LogP contribution in [0, 0.1) is 0 Å². The van der Waals surface area contributed by atoms with Crippen LogP contribution in [0.15, 0.2) is 18.2 Å². The van der Waals surface area contributed by atoms with Gasteiger partial charge < -0.3 is 25.6 Å². The maximum Gasteiger partial charge on any atom is 0.224 e. The van der Waals surface area contributed by atoms with Crippen molar-refractivity contribution < 1.29 is 19.7 Å². The van der Waals surface area contributed by atoms with Crippen LogP contribution in [0.1, 0.15) is 13.3 Å². The predicted molar refractivity (Wildman–Crippen MR) is 73.5 cm³/mol. The molecule has 1 rings (SSSR count). The molecular weight excluding hydrogens is 248 g/mol. The monoisotopic (exact) mass is 268 g/mol. The van der Waals surface area contributed by atoms with E-state index in [1.54, 1.807) is 25.1 Å². The number of carbonyl (C=O) groups is 1. The summed E-state index contributed by atoms with van der Waals surface area (Å²) in [6, 6.07) is 5.20. The minimum Gasteiger partial charge on any atom is -0.494 e. The van der Waals surface area contributed by atoms with Crippen LogP contribution in [-0.2, 0) is 4.79 Å². The zero-order valence-corrected chi connectivity index (χ0v) is 11.1. The van der Waals surface area contributed by atoms with Crippen LogP contribution in [0.25, 0.3) is 0 Å². The first-order chi connectivity index (χ1) is 9.10. The van der Waals surface area contributed by atoms with Crippen LogP contribution in [0.3, 0.4) is 0 Å². The molecule has 0 saturated carbocycles. The van der Waals surface area contributed by atoms with Crippen molar-refractivity contribution in [3.63, 3.8) is 0 Å². The van der Waals surface area contributed by atoms with Crippen molar-refractivity contribution in [3.05, 3.63) is 18.2 Å². The highest BCUT2D eigenvalue weighted by Gasteiger charge is 2.08. The summed E-state index contributed by atoms with van der Waals surface area (Å²) in [7, 11) is 1.52. The van der Waals surface area contributed by atoms with Crippen molar-refractivity contribution in [2.45, 2.75) is 19.4 Å². The summed E-state index contributed by atoms with van der Waals surface area (Å²) in [5.41, 5.74) is 1.33. The quantitative estimate of drug-likeness (QED) is 0.587. The molecule has 0 radical (unpaired) electrons. The number of hydrogen-bond acceptors (Lipinski definition) is 5. The van der Waals surface area contributed by atoms with E-state index in [9.17, 15) is 9.90 Å². The van der Waals surface area contributed by atoms with Crippen molar-refractivity contribution in [2.75, 3.05) is 30.9 Å². The Kier molecular flexibility index (Phi) is 6.11. The molecule has 19 heavy (non-hydrogen) atoms. The van der Waals surface area contributed by atoms with E-state index in [2.05, 4.69) is 10.6 Å². The molecule has 0 bridgehead atoms. The fraction of sp³-hybridized carbons (Fsp3) is 0.462. The molecule has 0 aliphatic carbocycles. The molecule has 0 spiro atoms. The summed E-state index contributed by atoms with van der Waals surface area (Å²) in [6.07, 6.45) is -0.420. The van der Waals surface area contributed by atoms with Gasteiger partial charge in [0, 0.05) is 24.7 Å². The number of benzene rings is 1. The lowest BCUT2D eigenvalue weighted by molar-refractivity contribution is -0.115. The average molecular weight is 268 g/mol. The summed E-state index contributed by atoms with van der Waals surface area (Å²) in [5, 5.41) is 23.7. The first-order valence-electron chi connectivity index (χ1n) is 6.11. The van der Waals surface area contributed by atoms with E-state index >= 15 is 0 Å². The third-order valence-electron chi connectivity index (χ3n) is 2.55. The maximum absolute atomic E-state index is 11.3. The minimum atomic E-state index is -0.814. The van der Waals surface area contributed by atoms with Crippen LogP contribution < -0.4 is 15.4 Å². The van der Waals surface area contributed by atoms with Gasteiger partial charge in [-0.25, -0.2) is 0 Å². The largest absolute Gasteiger partial charge is 0.494 e. The van der Waals surface area contributed by atoms with Gasteiger partial charge in [0.15, 0.2) is 0 Å². The van der Waals surface area contributed by atoms with E-state index in [0.29, 0.717) is 17.9 Å². The molecule has 0 saturated heterocycles. The van der Waals surface area contributed by atoms with Gasteiger partial charge >= 0.3 is 0 Å². The fourth-order valence-corrected chi connectivity index (χ4v) is 1.44. The number of aliphatic hydroxyl groups is 2. The summed E-state index contributed by atoms with van der Waals surface area (Å²) < 4.78 is 5.20. The highest BCUT2D eigenvalue weighted by Crippen LogP contribution is 2.28. The number of anilines is 2. The number of hydrogen-bond donors (Lipinski definition) is 4. The Bertz CT molecular complexity index is 423. The standard InChI is InChI=1S/C13H20N2O4/c1-3-13(18)15-11-5-4-9(6-12(11)19-2)14-7-10(17)8-16/h4-6,10,14,16-17H,3,7-8H2,1-2H3,(H,15,18). The molecule has 0 aromatic heterocycles. The number of amides is 1. The Balaban J connectivity index is 2.75. The summed E-state index contributed by atoms with van der Waals surface area (Å²) in [6.45, 7) is 1.71. The van der Waals surface area contributed by atoms with Gasteiger partial charge in [-0.3, -0.25) is 4.79 Å². The smallest absolute Gasteiger partial charge is 0.224 e. The molecule has 4 N–H and O–H groups in total. The minimum absolute atomic E-state index is 0.0882. The van der Waals surface area contributed by atoms with Gasteiger partial charge in [0.25, 0.3) is 0 Å². The van der Waals surface area contributed by atoms with Gasteiger partial charge in [-0.2, -0.15) is 0 Å². The molecule has 0 aliphatic rings. The van der Waals surface area contributed by atoms with Crippen LogP contribution in [0.4, 0.5) is 11.4 Å². The maximum atomic E-state index is 11.3. The van der Waals surface area contributed by atoms with E-state index in [-0.39, 0.29) is 19.1 Å². The summed E-state index contributed by atoms with van der Waals surface area (Å²) >= 11 is 0. The van der Waals surface area contributed by atoms with Crippen LogP contribution in [0.2, 0.25) is 0 Å². The number of methoxy groups -OCH3 is 1. The zero-order chi connectivity index (χ0) is 14.3. The number of aliphatic hydroxyl groups excluding tert-OH is 2. The predicted octanol–water partition coefficient (Wildman–Crippen LogP) is 0.809. The van der Waals surface area contributed by atoms with Gasteiger partial charge in [0.1, 0.15) is 5.75 Å². The van der Waals surface area contributed by atoms with E-state index < -0.39 is 6.10 Å². The van der Waals surface area contributed by atoms with Gasteiger partial charge in [0.2, 0.25) is 5.91 Å².